The van der Waals surface area contributed by atoms with Crippen LogP contribution in [0.5, 0.6) is 11.6 Å². The maximum atomic E-state index is 11.4. The largest absolute Gasteiger partial charge is 0.494 e. The fraction of sp³-hybridized carbons (Fsp3) is 0.120. The zero-order valence-corrected chi connectivity index (χ0v) is 17.9. The molecule has 0 saturated heterocycles. The van der Waals surface area contributed by atoms with Gasteiger partial charge >= 0.3 is 4.87 Å². The van der Waals surface area contributed by atoms with E-state index in [2.05, 4.69) is 39.2 Å². The first-order valence-electron chi connectivity index (χ1n) is 10.3. The average Bonchev–Trinajstić information content (AvgIpc) is 3.40. The molecule has 0 radical (unpaired) electrons. The number of aromatic amines is 2. The van der Waals surface area contributed by atoms with Gasteiger partial charge in [0.25, 0.3) is 0 Å². The van der Waals surface area contributed by atoms with E-state index >= 15 is 0 Å². The second kappa shape index (κ2) is 8.72. The minimum atomic E-state index is -0.254. The fourth-order valence-corrected chi connectivity index (χ4v) is 4.47. The van der Waals surface area contributed by atoms with Crippen LogP contribution in [0.15, 0.2) is 83.9 Å². The molecule has 0 amide bonds. The SMILES string of the molecule is O=c1[nH]c(O)c(Cc2ccc(OC(Cc3ccccc3)c3ccc4nc[nH]c4c3)cc2)s1. The van der Waals surface area contributed by atoms with Gasteiger partial charge < -0.3 is 14.8 Å². The maximum absolute atomic E-state index is 11.4. The molecule has 7 heteroatoms. The van der Waals surface area contributed by atoms with E-state index in [0.717, 1.165) is 45.7 Å². The Hall–Kier alpha value is -3.84. The van der Waals surface area contributed by atoms with Gasteiger partial charge in [0.1, 0.15) is 11.9 Å². The van der Waals surface area contributed by atoms with Crippen LogP contribution in [0.1, 0.15) is 27.7 Å². The number of fused-ring (bicyclic) bond motifs is 1. The number of nitrogens with one attached hydrogen (secondary N) is 2. The standard InChI is InChI=1S/C25H21N3O3S/c29-24-23(32-25(30)28-24)13-17-6-9-19(10-7-17)31-22(12-16-4-2-1-3-5-16)18-8-11-20-21(14-18)27-15-26-20/h1-11,14-15,22,29H,12-13H2,(H,26,27)(H,28,30). The third kappa shape index (κ3) is 4.43. The van der Waals surface area contributed by atoms with Gasteiger partial charge in [-0.2, -0.15) is 0 Å². The molecule has 3 aromatic carbocycles. The summed E-state index contributed by atoms with van der Waals surface area (Å²) in [5.41, 5.74) is 5.14. The number of hydrogen-bond donors (Lipinski definition) is 3. The van der Waals surface area contributed by atoms with Crippen LogP contribution in [0.4, 0.5) is 0 Å². The Bertz CT molecular complexity index is 1390. The highest BCUT2D eigenvalue weighted by molar-refractivity contribution is 7.09. The minimum absolute atomic E-state index is 0.0579. The number of aromatic nitrogens is 3. The van der Waals surface area contributed by atoms with Crippen molar-refractivity contribution in [3.05, 3.63) is 110 Å². The third-order valence-electron chi connectivity index (χ3n) is 5.35. The molecule has 32 heavy (non-hydrogen) atoms. The molecule has 160 valence electrons. The van der Waals surface area contributed by atoms with Crippen molar-refractivity contribution in [2.24, 2.45) is 0 Å². The van der Waals surface area contributed by atoms with Gasteiger partial charge in [-0.25, -0.2) is 4.98 Å². The summed E-state index contributed by atoms with van der Waals surface area (Å²) in [4.78, 5) is 21.6. The van der Waals surface area contributed by atoms with E-state index in [1.54, 1.807) is 6.33 Å². The average molecular weight is 444 g/mol. The fourth-order valence-electron chi connectivity index (χ4n) is 3.72. The first-order valence-corrected chi connectivity index (χ1v) is 11.1. The molecule has 0 aliphatic heterocycles. The number of rotatable bonds is 7. The molecule has 1 unspecified atom stereocenters. The molecular weight excluding hydrogens is 422 g/mol. The van der Waals surface area contributed by atoms with Gasteiger partial charge in [0.15, 0.2) is 0 Å². The Morgan fingerprint density at radius 3 is 2.56 bits per heavy atom. The van der Waals surface area contributed by atoms with E-state index in [-0.39, 0.29) is 16.9 Å². The molecule has 0 fully saturated rings. The lowest BCUT2D eigenvalue weighted by Crippen LogP contribution is -2.11. The van der Waals surface area contributed by atoms with Crippen molar-refractivity contribution >= 4 is 22.4 Å². The highest BCUT2D eigenvalue weighted by Crippen LogP contribution is 2.28. The Kier molecular flexibility index (Phi) is 5.47. The van der Waals surface area contributed by atoms with Gasteiger partial charge in [-0.15, -0.1) is 0 Å². The molecule has 6 nitrogen and oxygen atoms in total. The van der Waals surface area contributed by atoms with Crippen LogP contribution in [0.2, 0.25) is 0 Å². The van der Waals surface area contributed by atoms with Crippen molar-refractivity contribution in [2.75, 3.05) is 0 Å². The van der Waals surface area contributed by atoms with Crippen molar-refractivity contribution in [3.63, 3.8) is 0 Å². The van der Waals surface area contributed by atoms with E-state index in [9.17, 15) is 9.90 Å². The van der Waals surface area contributed by atoms with Crippen molar-refractivity contribution in [1.82, 2.24) is 15.0 Å². The Balaban J connectivity index is 1.39. The molecule has 0 aliphatic rings. The van der Waals surface area contributed by atoms with Crippen LogP contribution in [0.3, 0.4) is 0 Å². The smallest absolute Gasteiger partial charge is 0.307 e. The lowest BCUT2D eigenvalue weighted by molar-refractivity contribution is 0.206. The molecule has 0 aliphatic carbocycles. The number of imidazole rings is 1. The number of aromatic hydroxyl groups is 1. The molecule has 0 saturated carbocycles. The summed E-state index contributed by atoms with van der Waals surface area (Å²) in [5.74, 6) is 0.698. The summed E-state index contributed by atoms with van der Waals surface area (Å²) in [6.07, 6.45) is 2.74. The van der Waals surface area contributed by atoms with Gasteiger partial charge in [0.05, 0.1) is 22.2 Å². The molecule has 2 heterocycles. The quantitative estimate of drug-likeness (QED) is 0.331. The molecule has 1 atom stereocenters. The van der Waals surface area contributed by atoms with Crippen LogP contribution in [-0.2, 0) is 12.8 Å². The molecule has 0 bridgehead atoms. The number of H-pyrrole nitrogens is 2. The zero-order valence-electron chi connectivity index (χ0n) is 17.1. The van der Waals surface area contributed by atoms with Crippen molar-refractivity contribution in [1.29, 1.82) is 0 Å². The number of ether oxygens (including phenoxy) is 1. The van der Waals surface area contributed by atoms with Crippen LogP contribution in [-0.4, -0.2) is 20.1 Å². The normalized spacial score (nSPS) is 12.1. The summed E-state index contributed by atoms with van der Waals surface area (Å²) in [6, 6.07) is 24.2. The summed E-state index contributed by atoms with van der Waals surface area (Å²) in [7, 11) is 0. The Morgan fingerprint density at radius 2 is 1.81 bits per heavy atom. The van der Waals surface area contributed by atoms with Gasteiger partial charge in [-0.05, 0) is 41.0 Å². The summed E-state index contributed by atoms with van der Waals surface area (Å²) >= 11 is 1.02. The highest BCUT2D eigenvalue weighted by atomic mass is 32.1. The lowest BCUT2D eigenvalue weighted by Gasteiger charge is -2.20. The predicted octanol–water partition coefficient (Wildman–Crippen LogP) is 4.97. The van der Waals surface area contributed by atoms with Gasteiger partial charge in [-0.3, -0.25) is 9.78 Å². The van der Waals surface area contributed by atoms with E-state index in [0.29, 0.717) is 11.3 Å². The summed E-state index contributed by atoms with van der Waals surface area (Å²) < 4.78 is 6.43. The van der Waals surface area contributed by atoms with E-state index < -0.39 is 0 Å². The molecule has 2 aromatic heterocycles. The minimum Gasteiger partial charge on any atom is -0.494 e. The predicted molar refractivity (Wildman–Crippen MR) is 125 cm³/mol. The second-order valence-corrected chi connectivity index (χ2v) is 8.65. The van der Waals surface area contributed by atoms with Gasteiger partial charge in [0, 0.05) is 12.8 Å². The van der Waals surface area contributed by atoms with Gasteiger partial charge in [-0.1, -0.05) is 59.9 Å². The number of nitrogens with zero attached hydrogens (tertiary/aromatic N) is 1. The monoisotopic (exact) mass is 443 g/mol. The van der Waals surface area contributed by atoms with Crippen LogP contribution in [0.25, 0.3) is 11.0 Å². The summed E-state index contributed by atoms with van der Waals surface area (Å²) in [6.45, 7) is 0. The van der Waals surface area contributed by atoms with E-state index in [1.165, 1.54) is 5.56 Å². The van der Waals surface area contributed by atoms with Crippen LogP contribution < -0.4 is 9.61 Å². The third-order valence-corrected chi connectivity index (χ3v) is 6.22. The van der Waals surface area contributed by atoms with Crippen molar-refractivity contribution < 1.29 is 9.84 Å². The van der Waals surface area contributed by atoms with E-state index in [4.69, 9.17) is 4.74 Å². The maximum Gasteiger partial charge on any atom is 0.307 e. The molecule has 0 spiro atoms. The van der Waals surface area contributed by atoms with E-state index in [1.807, 2.05) is 48.5 Å². The first kappa shape index (κ1) is 20.1. The molecule has 3 N–H and O–H groups in total. The zero-order chi connectivity index (χ0) is 21.9. The lowest BCUT2D eigenvalue weighted by atomic mass is 10.0. The Labute approximate surface area is 188 Å². The van der Waals surface area contributed by atoms with Crippen LogP contribution >= 0.6 is 11.3 Å². The van der Waals surface area contributed by atoms with Crippen molar-refractivity contribution in [2.45, 2.75) is 18.9 Å². The summed E-state index contributed by atoms with van der Waals surface area (Å²) in [5, 5.41) is 9.82. The van der Waals surface area contributed by atoms with Gasteiger partial charge in [0.2, 0.25) is 5.88 Å². The number of hydrogen-bond acceptors (Lipinski definition) is 5. The molecular formula is C25H21N3O3S. The Morgan fingerprint density at radius 1 is 1.00 bits per heavy atom. The molecule has 5 rings (SSSR count). The van der Waals surface area contributed by atoms with Crippen molar-refractivity contribution in [3.8, 4) is 11.6 Å². The number of benzene rings is 3. The first-order chi connectivity index (χ1) is 15.6. The van der Waals surface area contributed by atoms with Crippen LogP contribution in [0, 0.1) is 0 Å². The highest BCUT2D eigenvalue weighted by Gasteiger charge is 2.16. The molecule has 5 aromatic rings. The number of thiazole rings is 1. The topological polar surface area (TPSA) is 91.0 Å². The second-order valence-electron chi connectivity index (χ2n) is 7.58.